The summed E-state index contributed by atoms with van der Waals surface area (Å²) < 4.78 is 12.3. The van der Waals surface area contributed by atoms with Crippen LogP contribution in [0.4, 0.5) is 11.8 Å². The molecule has 2 unspecified atom stereocenters. The summed E-state index contributed by atoms with van der Waals surface area (Å²) >= 11 is 0. The Labute approximate surface area is 172 Å². The van der Waals surface area contributed by atoms with E-state index in [1.54, 1.807) is 7.11 Å². The van der Waals surface area contributed by atoms with Crippen LogP contribution in [0.1, 0.15) is 11.8 Å². The van der Waals surface area contributed by atoms with Gasteiger partial charge in [-0.2, -0.15) is 9.97 Å². The molecule has 0 radical (unpaired) electrons. The Hall–Kier alpha value is -2.99. The molecule has 160 valence electrons. The van der Waals surface area contributed by atoms with Gasteiger partial charge in [0.25, 0.3) is 0 Å². The Balaban J connectivity index is 1.53. The first-order valence-corrected chi connectivity index (χ1v) is 9.51. The zero-order valence-corrected chi connectivity index (χ0v) is 16.3. The predicted molar refractivity (Wildman–Crippen MR) is 108 cm³/mol. The Bertz CT molecular complexity index is 1030. The molecule has 30 heavy (non-hydrogen) atoms. The van der Waals surface area contributed by atoms with Crippen LogP contribution in [0.5, 0.6) is 5.75 Å². The van der Waals surface area contributed by atoms with Crippen molar-refractivity contribution in [2.24, 2.45) is 0 Å². The van der Waals surface area contributed by atoms with Gasteiger partial charge in [-0.25, -0.2) is 4.98 Å². The summed E-state index contributed by atoms with van der Waals surface area (Å²) in [6.07, 6.45) is -2.21. The third kappa shape index (κ3) is 3.75. The minimum atomic E-state index is -1.25. The van der Waals surface area contributed by atoms with Gasteiger partial charge in [-0.15, -0.1) is 0 Å². The first-order chi connectivity index (χ1) is 14.5. The maximum Gasteiger partial charge on any atom is 0.226 e. The lowest BCUT2D eigenvalue weighted by molar-refractivity contribution is -0.0511. The number of imidazole rings is 1. The molecule has 3 heterocycles. The number of ether oxygens (including phenoxy) is 2. The van der Waals surface area contributed by atoms with E-state index in [1.165, 1.54) is 10.9 Å². The van der Waals surface area contributed by atoms with Crippen LogP contribution in [0.15, 0.2) is 30.6 Å². The lowest BCUT2D eigenvalue weighted by atomic mass is 10.1. The van der Waals surface area contributed by atoms with Crippen LogP contribution in [0.2, 0.25) is 0 Å². The number of hydrogen-bond acceptors (Lipinski definition) is 10. The number of aromatic nitrogens is 4. The lowest BCUT2D eigenvalue weighted by Crippen LogP contribution is -2.33. The van der Waals surface area contributed by atoms with E-state index >= 15 is 0 Å². The van der Waals surface area contributed by atoms with Gasteiger partial charge in [0.2, 0.25) is 5.95 Å². The second kappa shape index (κ2) is 8.40. The number of methoxy groups -OCH3 is 1. The van der Waals surface area contributed by atoms with Crippen molar-refractivity contribution in [1.82, 2.24) is 19.5 Å². The molecule has 1 saturated heterocycles. The van der Waals surface area contributed by atoms with E-state index in [1.807, 2.05) is 24.3 Å². The molecule has 0 amide bonds. The fraction of sp³-hybridized carbons (Fsp3) is 0.421. The molecule has 11 nitrogen and oxygen atoms in total. The summed E-state index contributed by atoms with van der Waals surface area (Å²) in [5, 5.41) is 32.8. The van der Waals surface area contributed by atoms with Crippen molar-refractivity contribution in [1.29, 1.82) is 0 Å². The number of fused-ring (bicyclic) bond motifs is 1. The van der Waals surface area contributed by atoms with Crippen molar-refractivity contribution in [3.05, 3.63) is 36.2 Å². The minimum absolute atomic E-state index is 0.175. The van der Waals surface area contributed by atoms with Crippen molar-refractivity contribution in [2.45, 2.75) is 31.0 Å². The number of hydrogen-bond donors (Lipinski definition) is 5. The molecule has 0 aliphatic carbocycles. The van der Waals surface area contributed by atoms with Crippen molar-refractivity contribution in [2.75, 3.05) is 31.3 Å². The van der Waals surface area contributed by atoms with E-state index in [2.05, 4.69) is 20.3 Å². The largest absolute Gasteiger partial charge is 0.497 e. The first kappa shape index (κ1) is 20.3. The second-order valence-corrected chi connectivity index (χ2v) is 7.01. The van der Waals surface area contributed by atoms with E-state index < -0.39 is 31.1 Å². The van der Waals surface area contributed by atoms with Gasteiger partial charge in [0, 0.05) is 6.54 Å². The molecule has 0 spiro atoms. The SMILES string of the molecule is COc1cccc(CCNc2nc(N)c3ncn([C@@H]4O[C@H](CO)C(O)C4O)c3n2)c1. The summed E-state index contributed by atoms with van der Waals surface area (Å²) in [6, 6.07) is 7.76. The fourth-order valence-electron chi connectivity index (χ4n) is 3.46. The van der Waals surface area contributed by atoms with E-state index in [0.717, 1.165) is 11.3 Å². The highest BCUT2D eigenvalue weighted by Crippen LogP contribution is 2.32. The molecule has 6 N–H and O–H groups in total. The topological polar surface area (TPSA) is 161 Å². The van der Waals surface area contributed by atoms with Crippen LogP contribution >= 0.6 is 0 Å². The molecule has 1 aliphatic heterocycles. The van der Waals surface area contributed by atoms with Gasteiger partial charge in [-0.1, -0.05) is 12.1 Å². The highest BCUT2D eigenvalue weighted by atomic mass is 16.6. The molecule has 2 aromatic heterocycles. The molecule has 1 aliphatic rings. The number of anilines is 2. The molecule has 3 aromatic rings. The number of aliphatic hydroxyl groups is 3. The summed E-state index contributed by atoms with van der Waals surface area (Å²) in [5.74, 6) is 1.27. The van der Waals surface area contributed by atoms with Gasteiger partial charge in [-0.05, 0) is 24.1 Å². The molecule has 11 heteroatoms. The van der Waals surface area contributed by atoms with Gasteiger partial charge in [0.1, 0.15) is 29.6 Å². The highest BCUT2D eigenvalue weighted by molar-refractivity contribution is 5.83. The number of benzene rings is 1. The second-order valence-electron chi connectivity index (χ2n) is 7.01. The van der Waals surface area contributed by atoms with Gasteiger partial charge in [0.15, 0.2) is 17.7 Å². The van der Waals surface area contributed by atoms with Crippen LogP contribution < -0.4 is 15.8 Å². The quantitative estimate of drug-likeness (QED) is 0.345. The van der Waals surface area contributed by atoms with E-state index in [-0.39, 0.29) is 5.82 Å². The van der Waals surface area contributed by atoms with Crippen molar-refractivity contribution < 1.29 is 24.8 Å². The average molecular weight is 416 g/mol. The zero-order valence-electron chi connectivity index (χ0n) is 16.3. The van der Waals surface area contributed by atoms with E-state index in [0.29, 0.717) is 30.1 Å². The van der Waals surface area contributed by atoms with E-state index in [4.69, 9.17) is 15.2 Å². The number of nitrogens with zero attached hydrogens (tertiary/aromatic N) is 4. The lowest BCUT2D eigenvalue weighted by Gasteiger charge is -2.16. The smallest absolute Gasteiger partial charge is 0.226 e. The molecule has 1 aromatic carbocycles. The molecule has 0 saturated carbocycles. The maximum atomic E-state index is 10.3. The van der Waals surface area contributed by atoms with Crippen molar-refractivity contribution in [3.8, 4) is 5.75 Å². The average Bonchev–Trinajstić information content (AvgIpc) is 3.29. The van der Waals surface area contributed by atoms with Crippen molar-refractivity contribution >= 4 is 22.9 Å². The Kier molecular flexibility index (Phi) is 5.68. The number of nitrogens with two attached hydrogens (primary N) is 1. The monoisotopic (exact) mass is 416 g/mol. The van der Waals surface area contributed by atoms with Gasteiger partial charge >= 0.3 is 0 Å². The maximum absolute atomic E-state index is 10.3. The molecule has 4 atom stereocenters. The van der Waals surface area contributed by atoms with Crippen LogP contribution in [0, 0.1) is 0 Å². The third-order valence-electron chi connectivity index (χ3n) is 5.07. The van der Waals surface area contributed by atoms with Crippen LogP contribution in [0.3, 0.4) is 0 Å². The number of nitrogen functional groups attached to an aromatic ring is 1. The predicted octanol–water partition coefficient (Wildman–Crippen LogP) is -0.317. The number of aliphatic hydroxyl groups excluding tert-OH is 3. The first-order valence-electron chi connectivity index (χ1n) is 9.51. The molecule has 0 bridgehead atoms. The summed E-state index contributed by atoms with van der Waals surface area (Å²) in [5.41, 5.74) is 7.82. The van der Waals surface area contributed by atoms with E-state index in [9.17, 15) is 15.3 Å². The van der Waals surface area contributed by atoms with Crippen molar-refractivity contribution in [3.63, 3.8) is 0 Å². The standard InChI is InChI=1S/C19H24N6O5/c1-29-11-4-2-3-10(7-11)5-6-21-19-23-16(20)13-17(24-19)25(9-22-13)18-15(28)14(27)12(8-26)30-18/h2-4,7,9,12,14-15,18,26-28H,5-6,8H2,1H3,(H3,20,21,23,24)/t12-,14?,15?,18-/m1/s1. The van der Waals surface area contributed by atoms with Gasteiger partial charge < -0.3 is 35.8 Å². The number of rotatable bonds is 7. The normalized spacial score (nSPS) is 23.7. The summed E-state index contributed by atoms with van der Waals surface area (Å²) in [4.78, 5) is 12.9. The Morgan fingerprint density at radius 2 is 2.10 bits per heavy atom. The Morgan fingerprint density at radius 3 is 2.83 bits per heavy atom. The molecular formula is C19H24N6O5. The number of nitrogens with one attached hydrogen (secondary N) is 1. The molecular weight excluding hydrogens is 392 g/mol. The summed E-state index contributed by atoms with van der Waals surface area (Å²) in [7, 11) is 1.62. The van der Waals surface area contributed by atoms with Gasteiger partial charge in [0.05, 0.1) is 20.0 Å². The van der Waals surface area contributed by atoms with Gasteiger partial charge in [-0.3, -0.25) is 4.57 Å². The Morgan fingerprint density at radius 1 is 1.27 bits per heavy atom. The van der Waals surface area contributed by atoms with Crippen LogP contribution in [0.25, 0.3) is 11.2 Å². The highest BCUT2D eigenvalue weighted by Gasteiger charge is 2.44. The summed E-state index contributed by atoms with van der Waals surface area (Å²) in [6.45, 7) is 0.135. The van der Waals surface area contributed by atoms with Crippen LogP contribution in [-0.4, -0.2) is 73.4 Å². The molecule has 1 fully saturated rings. The van der Waals surface area contributed by atoms with Crippen LogP contribution in [-0.2, 0) is 11.2 Å². The minimum Gasteiger partial charge on any atom is -0.497 e. The third-order valence-corrected chi connectivity index (χ3v) is 5.07. The fourth-order valence-corrected chi connectivity index (χ4v) is 3.46. The zero-order chi connectivity index (χ0) is 21.3. The molecule has 4 rings (SSSR count).